The summed E-state index contributed by atoms with van der Waals surface area (Å²) in [4.78, 5) is 0. The minimum Gasteiger partial charge on any atom is -0.166 e. The van der Waals surface area contributed by atoms with Gasteiger partial charge in [-0.1, -0.05) is 56.2 Å². The van der Waals surface area contributed by atoms with Gasteiger partial charge in [-0.05, 0) is 53.5 Å². The molecular formula is C20H21F3. The lowest BCUT2D eigenvalue weighted by atomic mass is 9.79. The molecule has 0 aromatic heterocycles. The number of hydrogen-bond acceptors (Lipinski definition) is 0. The van der Waals surface area contributed by atoms with Crippen LogP contribution in [0, 0.1) is 5.92 Å². The molecule has 0 bridgehead atoms. The van der Waals surface area contributed by atoms with Gasteiger partial charge in [0, 0.05) is 0 Å². The molecule has 1 saturated carbocycles. The lowest BCUT2D eigenvalue weighted by molar-refractivity contribution is -0.137. The molecule has 0 heterocycles. The highest BCUT2D eigenvalue weighted by atomic mass is 19.4. The Morgan fingerprint density at radius 3 is 1.70 bits per heavy atom. The van der Waals surface area contributed by atoms with Gasteiger partial charge in [-0.25, -0.2) is 0 Å². The molecule has 1 aliphatic rings. The van der Waals surface area contributed by atoms with Gasteiger partial charge in [-0.3, -0.25) is 0 Å². The smallest absolute Gasteiger partial charge is 0.166 e. The highest BCUT2D eigenvalue weighted by Gasteiger charge is 2.30. The minimum absolute atomic E-state index is 0.603. The normalized spacial score (nSPS) is 22.1. The van der Waals surface area contributed by atoms with Crippen LogP contribution >= 0.6 is 0 Å². The summed E-state index contributed by atoms with van der Waals surface area (Å²) in [6, 6.07) is 13.7. The third-order valence-electron chi connectivity index (χ3n) is 4.94. The summed E-state index contributed by atoms with van der Waals surface area (Å²) in [7, 11) is 0. The molecule has 2 aromatic carbocycles. The topological polar surface area (TPSA) is 0 Å². The van der Waals surface area contributed by atoms with Gasteiger partial charge in [0.2, 0.25) is 0 Å². The van der Waals surface area contributed by atoms with E-state index in [4.69, 9.17) is 0 Å². The first kappa shape index (κ1) is 16.1. The van der Waals surface area contributed by atoms with Crippen molar-refractivity contribution in [2.24, 2.45) is 5.92 Å². The van der Waals surface area contributed by atoms with Crippen LogP contribution in [-0.2, 0) is 6.18 Å². The van der Waals surface area contributed by atoms with Gasteiger partial charge in [-0.15, -0.1) is 0 Å². The van der Waals surface area contributed by atoms with Gasteiger partial charge in [-0.2, -0.15) is 13.2 Å². The fourth-order valence-corrected chi connectivity index (χ4v) is 3.39. The van der Waals surface area contributed by atoms with Crippen LogP contribution in [0.4, 0.5) is 13.2 Å². The molecule has 0 atom stereocenters. The zero-order chi connectivity index (χ0) is 16.4. The first-order chi connectivity index (χ1) is 10.9. The van der Waals surface area contributed by atoms with E-state index in [1.165, 1.54) is 31.2 Å². The summed E-state index contributed by atoms with van der Waals surface area (Å²) in [5.74, 6) is 1.46. The predicted octanol–water partition coefficient (Wildman–Crippen LogP) is 6.67. The zero-order valence-corrected chi connectivity index (χ0v) is 13.2. The Hall–Kier alpha value is -1.77. The summed E-state index contributed by atoms with van der Waals surface area (Å²) < 4.78 is 37.8. The molecule has 2 aromatic rings. The number of rotatable bonds is 2. The highest BCUT2D eigenvalue weighted by molar-refractivity contribution is 5.64. The Morgan fingerprint density at radius 1 is 0.739 bits per heavy atom. The first-order valence-corrected chi connectivity index (χ1v) is 8.21. The van der Waals surface area contributed by atoms with E-state index in [9.17, 15) is 13.2 Å². The second-order valence-electron chi connectivity index (χ2n) is 6.65. The first-order valence-electron chi connectivity index (χ1n) is 8.21. The summed E-state index contributed by atoms with van der Waals surface area (Å²) in [5.41, 5.74) is 2.54. The van der Waals surface area contributed by atoms with Gasteiger partial charge < -0.3 is 0 Å². The molecular weight excluding hydrogens is 297 g/mol. The number of hydrogen-bond donors (Lipinski definition) is 0. The number of benzene rings is 2. The lowest BCUT2D eigenvalue weighted by Crippen LogP contribution is -2.10. The molecule has 0 unspecified atom stereocenters. The molecule has 0 aliphatic heterocycles. The van der Waals surface area contributed by atoms with Gasteiger partial charge in [0.15, 0.2) is 0 Å². The molecule has 3 heteroatoms. The fourth-order valence-electron chi connectivity index (χ4n) is 3.39. The Labute approximate surface area is 135 Å². The van der Waals surface area contributed by atoms with Crippen molar-refractivity contribution in [1.29, 1.82) is 0 Å². The molecule has 1 aliphatic carbocycles. The summed E-state index contributed by atoms with van der Waals surface area (Å²) in [6.45, 7) is 2.31. The van der Waals surface area contributed by atoms with Crippen molar-refractivity contribution in [2.75, 3.05) is 0 Å². The second-order valence-corrected chi connectivity index (χ2v) is 6.65. The van der Waals surface area contributed by atoms with Crippen molar-refractivity contribution in [1.82, 2.24) is 0 Å². The molecule has 1 fully saturated rings. The third-order valence-corrected chi connectivity index (χ3v) is 4.94. The standard InChI is InChI=1S/C20H21F3/c1-14-2-4-15(5-3-14)16-6-8-17(9-7-16)18-10-12-19(13-11-18)20(21,22)23/h6-15H,2-5H2,1H3. The van der Waals surface area contributed by atoms with Crippen LogP contribution in [0.3, 0.4) is 0 Å². The largest absolute Gasteiger partial charge is 0.416 e. The average Bonchev–Trinajstić information content (AvgIpc) is 2.55. The number of alkyl halides is 3. The van der Waals surface area contributed by atoms with Crippen molar-refractivity contribution < 1.29 is 13.2 Å². The van der Waals surface area contributed by atoms with E-state index in [2.05, 4.69) is 19.1 Å². The molecule has 0 saturated heterocycles. The highest BCUT2D eigenvalue weighted by Crippen LogP contribution is 2.36. The van der Waals surface area contributed by atoms with E-state index in [0.717, 1.165) is 29.2 Å². The maximum atomic E-state index is 12.6. The maximum absolute atomic E-state index is 12.6. The molecule has 23 heavy (non-hydrogen) atoms. The molecule has 0 N–H and O–H groups in total. The van der Waals surface area contributed by atoms with Gasteiger partial charge in [0.25, 0.3) is 0 Å². The van der Waals surface area contributed by atoms with Crippen LogP contribution in [0.1, 0.15) is 49.7 Å². The van der Waals surface area contributed by atoms with Crippen LogP contribution in [0.2, 0.25) is 0 Å². The summed E-state index contributed by atoms with van der Waals surface area (Å²) in [5, 5.41) is 0. The molecule has 3 rings (SSSR count). The molecule has 122 valence electrons. The van der Waals surface area contributed by atoms with Gasteiger partial charge in [0.1, 0.15) is 0 Å². The summed E-state index contributed by atoms with van der Waals surface area (Å²) >= 11 is 0. The van der Waals surface area contributed by atoms with Gasteiger partial charge in [0.05, 0.1) is 5.56 Å². The lowest BCUT2D eigenvalue weighted by Gasteiger charge is -2.26. The van der Waals surface area contributed by atoms with E-state index in [1.807, 2.05) is 12.1 Å². The number of halogens is 3. The SMILES string of the molecule is CC1CCC(c2ccc(-c3ccc(C(F)(F)F)cc3)cc2)CC1. The molecule has 0 nitrogen and oxygen atoms in total. The predicted molar refractivity (Wildman–Crippen MR) is 87.3 cm³/mol. The fraction of sp³-hybridized carbons (Fsp3) is 0.400. The van der Waals surface area contributed by atoms with Crippen LogP contribution in [0.25, 0.3) is 11.1 Å². The van der Waals surface area contributed by atoms with E-state index in [0.29, 0.717) is 5.92 Å². The van der Waals surface area contributed by atoms with Gasteiger partial charge >= 0.3 is 6.18 Å². The third kappa shape index (κ3) is 3.77. The zero-order valence-electron chi connectivity index (χ0n) is 13.2. The Bertz CT molecular complexity index is 630. The van der Waals surface area contributed by atoms with Crippen molar-refractivity contribution >= 4 is 0 Å². The minimum atomic E-state index is -4.28. The monoisotopic (exact) mass is 318 g/mol. The Balaban J connectivity index is 1.74. The van der Waals surface area contributed by atoms with Crippen LogP contribution in [0.15, 0.2) is 48.5 Å². The quantitative estimate of drug-likeness (QED) is 0.580. The van der Waals surface area contributed by atoms with Crippen molar-refractivity contribution in [3.05, 3.63) is 59.7 Å². The van der Waals surface area contributed by atoms with E-state index >= 15 is 0 Å². The molecule has 0 radical (unpaired) electrons. The van der Waals surface area contributed by atoms with Crippen molar-refractivity contribution in [3.8, 4) is 11.1 Å². The van der Waals surface area contributed by atoms with Crippen LogP contribution < -0.4 is 0 Å². The van der Waals surface area contributed by atoms with Crippen molar-refractivity contribution in [3.63, 3.8) is 0 Å². The Morgan fingerprint density at radius 2 is 1.22 bits per heavy atom. The van der Waals surface area contributed by atoms with Crippen molar-refractivity contribution in [2.45, 2.75) is 44.7 Å². The van der Waals surface area contributed by atoms with Crippen LogP contribution in [0.5, 0.6) is 0 Å². The molecule has 0 spiro atoms. The second kappa shape index (κ2) is 6.38. The molecule has 0 amide bonds. The van der Waals surface area contributed by atoms with E-state index < -0.39 is 11.7 Å². The average molecular weight is 318 g/mol. The summed E-state index contributed by atoms with van der Waals surface area (Å²) in [6.07, 6.45) is 0.763. The Kier molecular flexibility index (Phi) is 4.47. The van der Waals surface area contributed by atoms with Crippen LogP contribution in [-0.4, -0.2) is 0 Å². The van der Waals surface area contributed by atoms with E-state index in [1.54, 1.807) is 12.1 Å². The van der Waals surface area contributed by atoms with E-state index in [-0.39, 0.29) is 0 Å². The maximum Gasteiger partial charge on any atom is 0.416 e.